The number of aromatic nitrogens is 2. The molecule has 2 aliphatic rings. The Hall–Kier alpha value is -1.69. The molecule has 4 rings (SSSR count). The smallest absolute Gasteiger partial charge is 0.309 e. The first kappa shape index (κ1) is 13.9. The predicted octanol–water partition coefficient (Wildman–Crippen LogP) is 2.56. The Bertz CT molecular complexity index is 808. The molecule has 0 amide bonds. The molecular formula is C16H18N2O3S. The van der Waals surface area contributed by atoms with Crippen molar-refractivity contribution in [1.29, 1.82) is 0 Å². The van der Waals surface area contributed by atoms with Crippen LogP contribution < -0.4 is 5.56 Å². The molecule has 0 aromatic carbocycles. The number of thiophene rings is 1. The third-order valence-electron chi connectivity index (χ3n) is 4.64. The lowest BCUT2D eigenvalue weighted by Gasteiger charge is -2.09. The summed E-state index contributed by atoms with van der Waals surface area (Å²) in [5, 5.41) is 0.741. The highest BCUT2D eigenvalue weighted by molar-refractivity contribution is 7.18. The van der Waals surface area contributed by atoms with Gasteiger partial charge in [0.2, 0.25) is 0 Å². The van der Waals surface area contributed by atoms with Gasteiger partial charge in [-0.05, 0) is 43.6 Å². The van der Waals surface area contributed by atoms with Crippen molar-refractivity contribution in [3.05, 3.63) is 26.6 Å². The van der Waals surface area contributed by atoms with Crippen LogP contribution in [0.3, 0.4) is 0 Å². The molecule has 6 heteroatoms. The molecular weight excluding hydrogens is 300 g/mol. The first-order chi connectivity index (χ1) is 10.6. The van der Waals surface area contributed by atoms with Crippen molar-refractivity contribution in [2.24, 2.45) is 11.8 Å². The fraction of sp³-hybridized carbons (Fsp3) is 0.562. The first-order valence-corrected chi connectivity index (χ1v) is 8.65. The van der Waals surface area contributed by atoms with E-state index in [1.807, 2.05) is 6.92 Å². The lowest BCUT2D eigenvalue weighted by Crippen LogP contribution is -2.15. The van der Waals surface area contributed by atoms with Gasteiger partial charge in [0, 0.05) is 4.88 Å². The molecule has 2 atom stereocenters. The van der Waals surface area contributed by atoms with E-state index in [9.17, 15) is 9.59 Å². The average molecular weight is 318 g/mol. The number of aryl methyl sites for hydroxylation is 2. The van der Waals surface area contributed by atoms with Crippen molar-refractivity contribution in [1.82, 2.24) is 9.97 Å². The number of nitrogens with zero attached hydrogens (tertiary/aromatic N) is 1. The highest BCUT2D eigenvalue weighted by Gasteiger charge is 2.40. The summed E-state index contributed by atoms with van der Waals surface area (Å²) in [5.41, 5.74) is 1.07. The van der Waals surface area contributed by atoms with Crippen LogP contribution in [0.5, 0.6) is 0 Å². The second-order valence-electron chi connectivity index (χ2n) is 6.33. The summed E-state index contributed by atoms with van der Waals surface area (Å²) in [4.78, 5) is 33.4. The first-order valence-electron chi connectivity index (χ1n) is 7.83. The zero-order valence-electron chi connectivity index (χ0n) is 12.5. The zero-order chi connectivity index (χ0) is 15.3. The molecule has 2 heterocycles. The Balaban J connectivity index is 1.60. The zero-order valence-corrected chi connectivity index (χ0v) is 13.3. The number of nitrogens with one attached hydrogen (secondary N) is 1. The quantitative estimate of drug-likeness (QED) is 0.883. The molecule has 2 aromatic rings. The maximum absolute atomic E-state index is 12.3. The van der Waals surface area contributed by atoms with Gasteiger partial charge >= 0.3 is 5.97 Å². The Morgan fingerprint density at radius 2 is 2.18 bits per heavy atom. The van der Waals surface area contributed by atoms with Crippen molar-refractivity contribution in [3.63, 3.8) is 0 Å². The highest BCUT2D eigenvalue weighted by Crippen LogP contribution is 2.38. The number of rotatable bonds is 3. The minimum absolute atomic E-state index is 0.0319. The molecule has 0 unspecified atom stereocenters. The van der Waals surface area contributed by atoms with Crippen molar-refractivity contribution in [2.75, 3.05) is 0 Å². The van der Waals surface area contributed by atoms with E-state index >= 15 is 0 Å². The second kappa shape index (κ2) is 5.19. The molecule has 2 aliphatic carbocycles. The van der Waals surface area contributed by atoms with E-state index in [0.717, 1.165) is 35.9 Å². The van der Waals surface area contributed by atoms with E-state index in [1.165, 1.54) is 16.9 Å². The number of aromatic amines is 1. The summed E-state index contributed by atoms with van der Waals surface area (Å²) >= 11 is 1.61. The third-order valence-corrected chi connectivity index (χ3v) is 5.82. The van der Waals surface area contributed by atoms with Gasteiger partial charge in [-0.15, -0.1) is 11.3 Å². The maximum Gasteiger partial charge on any atom is 0.309 e. The summed E-state index contributed by atoms with van der Waals surface area (Å²) in [6, 6.07) is 0. The largest absolute Gasteiger partial charge is 0.457 e. The van der Waals surface area contributed by atoms with Gasteiger partial charge in [0.15, 0.2) is 0 Å². The SMILES string of the molecule is C[C@@H]1C[C@@H]1C(=O)OCc1nc2sc3c(c2c(=O)[nH]1)CCCC3. The van der Waals surface area contributed by atoms with Crippen LogP contribution in [0.2, 0.25) is 0 Å². The fourth-order valence-corrected chi connectivity index (χ4v) is 4.45. The van der Waals surface area contributed by atoms with Gasteiger partial charge in [0.25, 0.3) is 5.56 Å². The van der Waals surface area contributed by atoms with Gasteiger partial charge in [-0.1, -0.05) is 6.92 Å². The molecule has 5 nitrogen and oxygen atoms in total. The Morgan fingerprint density at radius 1 is 1.41 bits per heavy atom. The van der Waals surface area contributed by atoms with Crippen LogP contribution in [-0.4, -0.2) is 15.9 Å². The number of ether oxygens (including phenoxy) is 1. The van der Waals surface area contributed by atoms with Crippen LogP contribution in [0.15, 0.2) is 4.79 Å². The minimum atomic E-state index is -0.180. The van der Waals surface area contributed by atoms with Gasteiger partial charge in [-0.2, -0.15) is 0 Å². The van der Waals surface area contributed by atoms with Crippen molar-refractivity contribution in [2.45, 2.75) is 45.6 Å². The van der Waals surface area contributed by atoms with Crippen molar-refractivity contribution in [3.8, 4) is 0 Å². The molecule has 1 saturated carbocycles. The van der Waals surface area contributed by atoms with Crippen molar-refractivity contribution < 1.29 is 9.53 Å². The Kier molecular flexibility index (Phi) is 3.29. The van der Waals surface area contributed by atoms with Gasteiger partial charge in [-0.3, -0.25) is 9.59 Å². The minimum Gasteiger partial charge on any atom is -0.457 e. The van der Waals surface area contributed by atoms with Crippen LogP contribution >= 0.6 is 11.3 Å². The van der Waals surface area contributed by atoms with E-state index in [4.69, 9.17) is 4.74 Å². The van der Waals surface area contributed by atoms with E-state index in [-0.39, 0.29) is 24.1 Å². The number of carbonyl (C=O) groups is 1. The average Bonchev–Trinajstić information content (AvgIpc) is 3.10. The van der Waals surface area contributed by atoms with E-state index in [1.54, 1.807) is 11.3 Å². The molecule has 0 aliphatic heterocycles. The van der Waals surface area contributed by atoms with Crippen LogP contribution in [0, 0.1) is 11.8 Å². The highest BCUT2D eigenvalue weighted by atomic mass is 32.1. The monoisotopic (exact) mass is 318 g/mol. The van der Waals surface area contributed by atoms with Gasteiger partial charge in [0.05, 0.1) is 11.3 Å². The molecule has 1 N–H and O–H groups in total. The van der Waals surface area contributed by atoms with Gasteiger partial charge in [0.1, 0.15) is 17.3 Å². The van der Waals surface area contributed by atoms with Gasteiger partial charge in [-0.25, -0.2) is 4.98 Å². The third kappa shape index (κ3) is 2.35. The van der Waals surface area contributed by atoms with E-state index in [0.29, 0.717) is 11.7 Å². The summed E-state index contributed by atoms with van der Waals surface area (Å²) in [5.74, 6) is 0.717. The molecule has 0 bridgehead atoms. The Morgan fingerprint density at radius 3 is 2.95 bits per heavy atom. The summed E-state index contributed by atoms with van der Waals surface area (Å²) in [6.07, 6.45) is 5.23. The molecule has 0 saturated heterocycles. The van der Waals surface area contributed by atoms with Crippen LogP contribution in [0.4, 0.5) is 0 Å². The van der Waals surface area contributed by atoms with Crippen LogP contribution in [0.1, 0.15) is 42.5 Å². The molecule has 1 fully saturated rings. The standard InChI is InChI=1S/C16H18N2O3S/c1-8-6-10(8)16(20)21-7-12-17-14(19)13-9-4-2-3-5-11(9)22-15(13)18-12/h8,10H,2-7H2,1H3,(H,17,18,19)/t8-,10+/m1/s1. The molecule has 22 heavy (non-hydrogen) atoms. The summed E-state index contributed by atoms with van der Waals surface area (Å²) in [6.45, 7) is 2.09. The molecule has 2 aromatic heterocycles. The molecule has 0 radical (unpaired) electrons. The van der Waals surface area contributed by atoms with Gasteiger partial charge < -0.3 is 9.72 Å². The number of H-pyrrole nitrogens is 1. The summed E-state index contributed by atoms with van der Waals surface area (Å²) < 4.78 is 5.26. The topological polar surface area (TPSA) is 72.0 Å². The number of hydrogen-bond donors (Lipinski definition) is 1. The predicted molar refractivity (Wildman–Crippen MR) is 83.9 cm³/mol. The number of fused-ring (bicyclic) bond motifs is 3. The number of hydrogen-bond acceptors (Lipinski definition) is 5. The second-order valence-corrected chi connectivity index (χ2v) is 7.41. The van der Waals surface area contributed by atoms with E-state index < -0.39 is 0 Å². The maximum atomic E-state index is 12.3. The molecule has 0 spiro atoms. The Labute approximate surface area is 131 Å². The van der Waals surface area contributed by atoms with E-state index in [2.05, 4.69) is 9.97 Å². The van der Waals surface area contributed by atoms with Crippen LogP contribution in [-0.2, 0) is 29.0 Å². The van der Waals surface area contributed by atoms with Crippen molar-refractivity contribution >= 4 is 27.5 Å². The lowest BCUT2D eigenvalue weighted by atomic mass is 9.97. The number of carbonyl (C=O) groups excluding carboxylic acids is 1. The normalized spacial score (nSPS) is 23.3. The number of esters is 1. The summed E-state index contributed by atoms with van der Waals surface area (Å²) in [7, 11) is 0. The molecule has 116 valence electrons. The van der Waals surface area contributed by atoms with Crippen LogP contribution in [0.25, 0.3) is 10.2 Å². The fourth-order valence-electron chi connectivity index (χ4n) is 3.17. The lowest BCUT2D eigenvalue weighted by molar-refractivity contribution is -0.147.